The summed E-state index contributed by atoms with van der Waals surface area (Å²) in [7, 11) is 3.62. The lowest BCUT2D eigenvalue weighted by atomic mass is 10.0. The molecule has 2 aromatic heterocycles. The molecule has 4 heterocycles. The highest BCUT2D eigenvalue weighted by molar-refractivity contribution is 5.97. The molecule has 2 aromatic rings. The van der Waals surface area contributed by atoms with Crippen LogP contribution in [0, 0.1) is 6.92 Å². The summed E-state index contributed by atoms with van der Waals surface area (Å²) in [4.78, 5) is 16.4. The van der Waals surface area contributed by atoms with Gasteiger partial charge in [-0.3, -0.25) is 9.89 Å². The second-order valence-electron chi connectivity index (χ2n) is 7.11. The number of aryl methyl sites for hydroxylation is 2. The Morgan fingerprint density at radius 2 is 2.12 bits per heavy atom. The number of ether oxygens (including phenoxy) is 1. The first-order valence-electron chi connectivity index (χ1n) is 9.33. The van der Waals surface area contributed by atoms with Crippen molar-refractivity contribution in [2.24, 2.45) is 12.0 Å². The largest absolute Gasteiger partial charge is 0.481 e. The zero-order chi connectivity index (χ0) is 18.1. The highest BCUT2D eigenvalue weighted by atomic mass is 16.5. The number of rotatable bonds is 4. The summed E-state index contributed by atoms with van der Waals surface area (Å²) < 4.78 is 7.34. The summed E-state index contributed by atoms with van der Waals surface area (Å²) in [5, 5.41) is 4.48. The smallest absolute Gasteiger partial charge is 0.216 e. The molecule has 7 heteroatoms. The van der Waals surface area contributed by atoms with Crippen LogP contribution in [0.15, 0.2) is 11.2 Å². The van der Waals surface area contributed by atoms with Crippen molar-refractivity contribution in [2.75, 3.05) is 20.2 Å². The second-order valence-corrected chi connectivity index (χ2v) is 7.11. The lowest BCUT2D eigenvalue weighted by Gasteiger charge is -2.28. The number of hydrogen-bond donors (Lipinski definition) is 0. The Balaban J connectivity index is 1.51. The van der Waals surface area contributed by atoms with Crippen molar-refractivity contribution in [3.8, 4) is 5.88 Å². The minimum Gasteiger partial charge on any atom is -0.481 e. The highest BCUT2D eigenvalue weighted by Crippen LogP contribution is 2.26. The Morgan fingerprint density at radius 1 is 1.23 bits per heavy atom. The maximum Gasteiger partial charge on any atom is 0.216 e. The van der Waals surface area contributed by atoms with Crippen LogP contribution in [0.1, 0.15) is 47.6 Å². The van der Waals surface area contributed by atoms with Crippen LogP contribution in [-0.4, -0.2) is 50.6 Å². The number of aromatic nitrogens is 4. The van der Waals surface area contributed by atoms with E-state index in [0.717, 1.165) is 67.7 Å². The monoisotopic (exact) mass is 354 g/mol. The van der Waals surface area contributed by atoms with Gasteiger partial charge in [0.2, 0.25) is 5.88 Å². The molecule has 0 saturated carbocycles. The Kier molecular flexibility index (Phi) is 4.72. The standard InChI is InChI=1S/C19H26N6O/c1-13-15(19(26-3)24(2)23-13)12-25-9-7-16-14(11-25)10-21-18(22-16)17-6-4-5-8-20-17/h10H,4-9,11-12H2,1-3H3. The number of aliphatic imine (C=N–C) groups is 1. The molecule has 7 nitrogen and oxygen atoms in total. The predicted octanol–water partition coefficient (Wildman–Crippen LogP) is 2.06. The van der Waals surface area contributed by atoms with Crippen LogP contribution < -0.4 is 4.74 Å². The van der Waals surface area contributed by atoms with E-state index in [2.05, 4.69) is 20.0 Å². The summed E-state index contributed by atoms with van der Waals surface area (Å²) in [6, 6.07) is 0. The first-order chi connectivity index (χ1) is 12.7. The van der Waals surface area contributed by atoms with Crippen LogP contribution >= 0.6 is 0 Å². The van der Waals surface area contributed by atoms with Crippen molar-refractivity contribution in [3.63, 3.8) is 0 Å². The Bertz CT molecular complexity index is 841. The van der Waals surface area contributed by atoms with Gasteiger partial charge in [0.05, 0.1) is 29.8 Å². The van der Waals surface area contributed by atoms with E-state index in [9.17, 15) is 0 Å². The van der Waals surface area contributed by atoms with Gasteiger partial charge >= 0.3 is 0 Å². The summed E-state index contributed by atoms with van der Waals surface area (Å²) in [6.45, 7) is 5.62. The molecule has 26 heavy (non-hydrogen) atoms. The van der Waals surface area contributed by atoms with E-state index in [0.29, 0.717) is 0 Å². The molecule has 2 aliphatic heterocycles. The van der Waals surface area contributed by atoms with Gasteiger partial charge in [-0.2, -0.15) is 5.10 Å². The van der Waals surface area contributed by atoms with Gasteiger partial charge in [-0.05, 0) is 26.2 Å². The number of hydrogen-bond acceptors (Lipinski definition) is 6. The molecule has 0 aromatic carbocycles. The minimum absolute atomic E-state index is 0.830. The van der Waals surface area contributed by atoms with Crippen LogP contribution in [0.2, 0.25) is 0 Å². The SMILES string of the molecule is COc1c(CN2CCc3nc(C4=NCCCC4)ncc3C2)c(C)nn1C. The van der Waals surface area contributed by atoms with Gasteiger partial charge in [-0.15, -0.1) is 0 Å². The molecular weight excluding hydrogens is 328 g/mol. The van der Waals surface area contributed by atoms with Gasteiger partial charge in [0, 0.05) is 51.4 Å². The fourth-order valence-electron chi connectivity index (χ4n) is 3.87. The zero-order valence-electron chi connectivity index (χ0n) is 15.8. The number of nitrogens with zero attached hydrogens (tertiary/aromatic N) is 6. The van der Waals surface area contributed by atoms with E-state index in [4.69, 9.17) is 9.72 Å². The van der Waals surface area contributed by atoms with Crippen LogP contribution in [0.25, 0.3) is 0 Å². The molecule has 2 aliphatic rings. The van der Waals surface area contributed by atoms with E-state index in [-0.39, 0.29) is 0 Å². The third kappa shape index (κ3) is 3.23. The third-order valence-corrected chi connectivity index (χ3v) is 5.26. The van der Waals surface area contributed by atoms with Crippen LogP contribution in [0.3, 0.4) is 0 Å². The fourth-order valence-corrected chi connectivity index (χ4v) is 3.87. The Morgan fingerprint density at radius 3 is 2.88 bits per heavy atom. The molecule has 0 saturated heterocycles. The first-order valence-corrected chi connectivity index (χ1v) is 9.33. The predicted molar refractivity (Wildman–Crippen MR) is 99.6 cm³/mol. The molecule has 0 radical (unpaired) electrons. The molecule has 4 rings (SSSR count). The molecule has 0 unspecified atom stereocenters. The average Bonchev–Trinajstić information content (AvgIpc) is 2.94. The van der Waals surface area contributed by atoms with Gasteiger partial charge in [0.15, 0.2) is 5.82 Å². The van der Waals surface area contributed by atoms with E-state index in [1.807, 2.05) is 24.9 Å². The van der Waals surface area contributed by atoms with Crippen LogP contribution in [0.5, 0.6) is 5.88 Å². The van der Waals surface area contributed by atoms with E-state index >= 15 is 0 Å². The normalized spacial score (nSPS) is 17.7. The Hall–Kier alpha value is -2.28. The maximum absolute atomic E-state index is 5.53. The maximum atomic E-state index is 5.53. The zero-order valence-corrected chi connectivity index (χ0v) is 15.8. The van der Waals surface area contributed by atoms with Crippen molar-refractivity contribution in [1.82, 2.24) is 24.6 Å². The summed E-state index contributed by atoms with van der Waals surface area (Å²) in [5.74, 6) is 1.68. The van der Waals surface area contributed by atoms with E-state index < -0.39 is 0 Å². The van der Waals surface area contributed by atoms with Crippen LogP contribution in [0.4, 0.5) is 0 Å². The molecular formula is C19H26N6O. The van der Waals surface area contributed by atoms with Crippen molar-refractivity contribution in [1.29, 1.82) is 0 Å². The average molecular weight is 354 g/mol. The topological polar surface area (TPSA) is 68.4 Å². The molecule has 138 valence electrons. The van der Waals surface area contributed by atoms with Crippen LogP contribution in [-0.2, 0) is 26.6 Å². The van der Waals surface area contributed by atoms with Gasteiger partial charge in [0.25, 0.3) is 0 Å². The Labute approximate surface area is 154 Å². The lowest BCUT2D eigenvalue weighted by molar-refractivity contribution is 0.237. The lowest BCUT2D eigenvalue weighted by Crippen LogP contribution is -2.31. The molecule has 0 bridgehead atoms. The quantitative estimate of drug-likeness (QED) is 0.841. The fraction of sp³-hybridized carbons (Fsp3) is 0.579. The van der Waals surface area contributed by atoms with Gasteiger partial charge in [0.1, 0.15) is 0 Å². The molecule has 0 fully saturated rings. The number of fused-ring (bicyclic) bond motifs is 1. The van der Waals surface area contributed by atoms with Gasteiger partial charge in [-0.1, -0.05) is 0 Å². The van der Waals surface area contributed by atoms with Gasteiger partial charge < -0.3 is 4.74 Å². The van der Waals surface area contributed by atoms with Gasteiger partial charge in [-0.25, -0.2) is 14.6 Å². The van der Waals surface area contributed by atoms with Crippen molar-refractivity contribution in [2.45, 2.75) is 45.7 Å². The van der Waals surface area contributed by atoms with E-state index in [1.54, 1.807) is 7.11 Å². The summed E-state index contributed by atoms with van der Waals surface area (Å²) in [5.41, 5.74) is 5.66. The van der Waals surface area contributed by atoms with E-state index in [1.165, 1.54) is 24.1 Å². The second kappa shape index (κ2) is 7.15. The molecule has 0 N–H and O–H groups in total. The number of methoxy groups -OCH3 is 1. The summed E-state index contributed by atoms with van der Waals surface area (Å²) in [6.07, 6.45) is 6.32. The summed E-state index contributed by atoms with van der Waals surface area (Å²) >= 11 is 0. The highest BCUT2D eigenvalue weighted by Gasteiger charge is 2.23. The van der Waals surface area contributed by atoms with Crippen molar-refractivity contribution >= 4 is 5.71 Å². The van der Waals surface area contributed by atoms with Crippen molar-refractivity contribution in [3.05, 3.63) is 34.5 Å². The minimum atomic E-state index is 0.830. The molecule has 0 amide bonds. The first kappa shape index (κ1) is 17.1. The third-order valence-electron chi connectivity index (χ3n) is 5.26. The molecule has 0 spiro atoms. The molecule has 0 aliphatic carbocycles. The van der Waals surface area contributed by atoms with Crippen molar-refractivity contribution < 1.29 is 4.74 Å². The molecule has 0 atom stereocenters.